The third-order valence-electron chi connectivity index (χ3n) is 2.34. The lowest BCUT2D eigenvalue weighted by Crippen LogP contribution is -2.12. The molecule has 5 heteroatoms. The number of hydrogen-bond donors (Lipinski definition) is 0. The van der Waals surface area contributed by atoms with Gasteiger partial charge in [0.25, 0.3) is 0 Å². The van der Waals surface area contributed by atoms with Crippen molar-refractivity contribution in [3.8, 4) is 11.5 Å². The van der Waals surface area contributed by atoms with E-state index in [1.807, 2.05) is 19.9 Å². The summed E-state index contributed by atoms with van der Waals surface area (Å²) in [6.07, 6.45) is 0.0672. The Morgan fingerprint density at radius 3 is 2.58 bits per heavy atom. The highest BCUT2D eigenvalue weighted by molar-refractivity contribution is 9.09. The molecule has 0 saturated carbocycles. The predicted octanol–water partition coefficient (Wildman–Crippen LogP) is 3.48. The van der Waals surface area contributed by atoms with E-state index in [0.717, 1.165) is 0 Å². The summed E-state index contributed by atoms with van der Waals surface area (Å²) in [7, 11) is 1.56. The molecule has 0 radical (unpaired) electrons. The Labute approximate surface area is 122 Å². The van der Waals surface area contributed by atoms with Crippen LogP contribution in [0.2, 0.25) is 0 Å². The number of methoxy groups -OCH3 is 1. The maximum Gasteiger partial charge on any atom is 0.324 e. The number of halogens is 1. The van der Waals surface area contributed by atoms with E-state index in [9.17, 15) is 4.79 Å². The summed E-state index contributed by atoms with van der Waals surface area (Å²) in [6, 6.07) is 5.38. The van der Waals surface area contributed by atoms with Gasteiger partial charge >= 0.3 is 5.97 Å². The van der Waals surface area contributed by atoms with Gasteiger partial charge in [0.2, 0.25) is 0 Å². The van der Waals surface area contributed by atoms with E-state index in [-0.39, 0.29) is 12.1 Å². The molecule has 0 aliphatic rings. The molecule has 1 aromatic rings. The first-order valence-electron chi connectivity index (χ1n) is 6.14. The van der Waals surface area contributed by atoms with E-state index in [0.29, 0.717) is 23.7 Å². The van der Waals surface area contributed by atoms with E-state index in [2.05, 4.69) is 15.9 Å². The van der Waals surface area contributed by atoms with Gasteiger partial charge in [0.1, 0.15) is 16.3 Å². The largest absolute Gasteiger partial charge is 0.496 e. The van der Waals surface area contributed by atoms with Crippen molar-refractivity contribution in [3.63, 3.8) is 0 Å². The molecule has 0 bridgehead atoms. The molecule has 0 saturated heterocycles. The van der Waals surface area contributed by atoms with Crippen LogP contribution in [0.3, 0.4) is 0 Å². The maximum absolute atomic E-state index is 11.8. The van der Waals surface area contributed by atoms with Crippen LogP contribution in [0, 0.1) is 0 Å². The summed E-state index contributed by atoms with van der Waals surface area (Å²) in [4.78, 5) is 11.2. The third-order valence-corrected chi connectivity index (χ3v) is 3.21. The van der Waals surface area contributed by atoms with Crippen LogP contribution in [-0.2, 0) is 9.53 Å². The molecule has 0 spiro atoms. The summed E-state index contributed by atoms with van der Waals surface area (Å²) < 4.78 is 15.9. The number of carbonyl (C=O) groups is 1. The van der Waals surface area contributed by atoms with Crippen molar-refractivity contribution in [2.75, 3.05) is 13.7 Å². The Bertz CT molecular complexity index is 431. The van der Waals surface area contributed by atoms with E-state index in [1.165, 1.54) is 0 Å². The summed E-state index contributed by atoms with van der Waals surface area (Å²) in [5.41, 5.74) is 0.694. The van der Waals surface area contributed by atoms with Crippen LogP contribution < -0.4 is 9.47 Å². The van der Waals surface area contributed by atoms with Gasteiger partial charge < -0.3 is 14.2 Å². The minimum atomic E-state index is -0.571. The zero-order chi connectivity index (χ0) is 14.4. The first-order chi connectivity index (χ1) is 8.99. The van der Waals surface area contributed by atoms with E-state index in [4.69, 9.17) is 14.2 Å². The van der Waals surface area contributed by atoms with Crippen molar-refractivity contribution in [1.82, 2.24) is 0 Å². The monoisotopic (exact) mass is 330 g/mol. The summed E-state index contributed by atoms with van der Waals surface area (Å²) in [5, 5.41) is 0. The Kier molecular flexibility index (Phi) is 6.15. The molecule has 0 aliphatic heterocycles. The standard InChI is InChI=1S/C14H19BrO4/c1-5-18-14(16)13(15)11-8-10(19-9(2)3)6-7-12(11)17-4/h6-9,13H,5H2,1-4H3. The lowest BCUT2D eigenvalue weighted by Gasteiger charge is -2.16. The Balaban J connectivity index is 3.04. The van der Waals surface area contributed by atoms with Gasteiger partial charge in [-0.05, 0) is 39.0 Å². The topological polar surface area (TPSA) is 44.8 Å². The van der Waals surface area contributed by atoms with Crippen LogP contribution in [-0.4, -0.2) is 25.8 Å². The van der Waals surface area contributed by atoms with Crippen molar-refractivity contribution in [2.24, 2.45) is 0 Å². The average molecular weight is 331 g/mol. The number of esters is 1. The van der Waals surface area contributed by atoms with Crippen LogP contribution in [0.25, 0.3) is 0 Å². The van der Waals surface area contributed by atoms with Crippen molar-refractivity contribution in [1.29, 1.82) is 0 Å². The van der Waals surface area contributed by atoms with Gasteiger partial charge in [-0.25, -0.2) is 0 Å². The molecular weight excluding hydrogens is 312 g/mol. The van der Waals surface area contributed by atoms with Crippen LogP contribution in [0.1, 0.15) is 31.2 Å². The van der Waals surface area contributed by atoms with E-state index in [1.54, 1.807) is 26.2 Å². The molecule has 1 aromatic carbocycles. The predicted molar refractivity (Wildman–Crippen MR) is 77.1 cm³/mol. The second-order valence-electron chi connectivity index (χ2n) is 4.18. The van der Waals surface area contributed by atoms with Crippen molar-refractivity contribution >= 4 is 21.9 Å². The lowest BCUT2D eigenvalue weighted by atomic mass is 10.1. The molecule has 1 unspecified atom stereocenters. The van der Waals surface area contributed by atoms with Gasteiger partial charge in [0, 0.05) is 5.56 Å². The molecule has 106 valence electrons. The molecule has 19 heavy (non-hydrogen) atoms. The summed E-state index contributed by atoms with van der Waals surface area (Å²) in [5.74, 6) is 0.966. The Morgan fingerprint density at radius 2 is 2.05 bits per heavy atom. The quantitative estimate of drug-likeness (QED) is 0.591. The molecule has 4 nitrogen and oxygen atoms in total. The first kappa shape index (κ1) is 15.8. The fourth-order valence-electron chi connectivity index (χ4n) is 1.60. The third kappa shape index (κ3) is 4.42. The molecule has 0 fully saturated rings. The Hall–Kier alpha value is -1.23. The molecule has 0 aliphatic carbocycles. The molecule has 0 amide bonds. The number of ether oxygens (including phenoxy) is 3. The van der Waals surface area contributed by atoms with Crippen LogP contribution in [0.15, 0.2) is 18.2 Å². The fraction of sp³-hybridized carbons (Fsp3) is 0.500. The van der Waals surface area contributed by atoms with Gasteiger partial charge in [-0.15, -0.1) is 0 Å². The molecular formula is C14H19BrO4. The van der Waals surface area contributed by atoms with Gasteiger partial charge in [0.15, 0.2) is 0 Å². The first-order valence-corrected chi connectivity index (χ1v) is 7.06. The number of rotatable bonds is 6. The van der Waals surface area contributed by atoms with Gasteiger partial charge in [0.05, 0.1) is 19.8 Å². The number of hydrogen-bond acceptors (Lipinski definition) is 4. The number of benzene rings is 1. The second kappa shape index (κ2) is 7.38. The zero-order valence-electron chi connectivity index (χ0n) is 11.6. The van der Waals surface area contributed by atoms with E-state index >= 15 is 0 Å². The van der Waals surface area contributed by atoms with Crippen LogP contribution >= 0.6 is 15.9 Å². The molecule has 0 heterocycles. The normalized spacial score (nSPS) is 12.1. The highest BCUT2D eigenvalue weighted by Gasteiger charge is 2.23. The Morgan fingerprint density at radius 1 is 1.37 bits per heavy atom. The molecule has 0 N–H and O–H groups in total. The minimum absolute atomic E-state index is 0.0672. The van der Waals surface area contributed by atoms with E-state index < -0.39 is 4.83 Å². The number of carbonyl (C=O) groups excluding carboxylic acids is 1. The minimum Gasteiger partial charge on any atom is -0.496 e. The lowest BCUT2D eigenvalue weighted by molar-refractivity contribution is -0.142. The van der Waals surface area contributed by atoms with Gasteiger partial charge in [-0.2, -0.15) is 0 Å². The van der Waals surface area contributed by atoms with Crippen LogP contribution in [0.5, 0.6) is 11.5 Å². The van der Waals surface area contributed by atoms with Crippen molar-refractivity contribution in [2.45, 2.75) is 31.7 Å². The second-order valence-corrected chi connectivity index (χ2v) is 5.10. The van der Waals surface area contributed by atoms with Gasteiger partial charge in [-0.1, -0.05) is 15.9 Å². The molecule has 0 aromatic heterocycles. The van der Waals surface area contributed by atoms with Gasteiger partial charge in [-0.3, -0.25) is 4.79 Å². The molecule has 1 atom stereocenters. The van der Waals surface area contributed by atoms with Crippen LogP contribution in [0.4, 0.5) is 0 Å². The number of alkyl halides is 1. The fourth-order valence-corrected chi connectivity index (χ4v) is 2.09. The average Bonchev–Trinajstić information content (AvgIpc) is 2.37. The maximum atomic E-state index is 11.8. The smallest absolute Gasteiger partial charge is 0.324 e. The van der Waals surface area contributed by atoms with Crippen molar-refractivity contribution < 1.29 is 19.0 Å². The molecule has 1 rings (SSSR count). The summed E-state index contributed by atoms with van der Waals surface area (Å²) in [6.45, 7) is 6.00. The highest BCUT2D eigenvalue weighted by atomic mass is 79.9. The highest BCUT2D eigenvalue weighted by Crippen LogP contribution is 2.35. The zero-order valence-corrected chi connectivity index (χ0v) is 13.2. The SMILES string of the molecule is CCOC(=O)C(Br)c1cc(OC(C)C)ccc1OC. The summed E-state index contributed by atoms with van der Waals surface area (Å²) >= 11 is 3.33. The van der Waals surface area contributed by atoms with Crippen molar-refractivity contribution in [3.05, 3.63) is 23.8 Å².